The molecule has 1 aliphatic heterocycles. The van der Waals surface area contributed by atoms with Gasteiger partial charge in [-0.1, -0.05) is 85.4 Å². The van der Waals surface area contributed by atoms with Crippen molar-refractivity contribution in [1.82, 2.24) is 0 Å². The van der Waals surface area contributed by atoms with Crippen LogP contribution < -0.4 is 0 Å². The van der Waals surface area contributed by atoms with Crippen molar-refractivity contribution in [3.63, 3.8) is 0 Å². The Morgan fingerprint density at radius 3 is 2.00 bits per heavy atom. The average molecular weight is 419 g/mol. The largest absolute Gasteiger partial charge is 0.457 e. The van der Waals surface area contributed by atoms with E-state index >= 15 is 0 Å². The lowest BCUT2D eigenvalue weighted by atomic mass is 9.74. The van der Waals surface area contributed by atoms with Crippen LogP contribution in [0.4, 0.5) is 0 Å². The third-order valence-electron chi connectivity index (χ3n) is 4.17. The first-order chi connectivity index (χ1) is 11.6. The smallest absolute Gasteiger partial charge is 0.218 e. The van der Waals surface area contributed by atoms with E-state index < -0.39 is 22.8 Å². The number of rotatable bonds is 1. The first-order valence-corrected chi connectivity index (χ1v) is 9.10. The molecular formula is C18H15Cl4NO2. The summed E-state index contributed by atoms with van der Waals surface area (Å²) in [5, 5.41) is -0.393. The van der Waals surface area contributed by atoms with Gasteiger partial charge in [0.2, 0.25) is 17.3 Å². The lowest BCUT2D eigenvalue weighted by molar-refractivity contribution is -0.111. The highest BCUT2D eigenvalue weighted by molar-refractivity contribution is 6.61. The van der Waals surface area contributed by atoms with E-state index in [2.05, 4.69) is 0 Å². The first-order valence-electron chi connectivity index (χ1n) is 7.59. The second-order valence-electron chi connectivity index (χ2n) is 6.99. The lowest BCUT2D eigenvalue weighted by Crippen LogP contribution is -2.50. The molecule has 0 N–H and O–H groups in total. The van der Waals surface area contributed by atoms with Crippen LogP contribution in [0.15, 0.2) is 55.5 Å². The number of Topliss-reactive ketones (excluding diaryl/α,β-unsaturated/α-hetero) is 1. The van der Waals surface area contributed by atoms with Crippen molar-refractivity contribution in [2.75, 3.05) is 0 Å². The first kappa shape index (κ1) is 18.8. The molecule has 1 heterocycles. The second-order valence-corrected chi connectivity index (χ2v) is 8.50. The number of carbonyl (C=O) groups excluding carboxylic acids is 1. The number of halogens is 4. The molecule has 0 saturated carbocycles. The summed E-state index contributed by atoms with van der Waals surface area (Å²) in [5.41, 5.74) is -1.04. The fraction of sp³-hybridized carbons (Fsp3) is 0.333. The van der Waals surface area contributed by atoms with Crippen molar-refractivity contribution < 1.29 is 9.53 Å². The van der Waals surface area contributed by atoms with Gasteiger partial charge in [-0.3, -0.25) is 4.79 Å². The van der Waals surface area contributed by atoms with E-state index in [0.29, 0.717) is 5.90 Å². The molecule has 1 unspecified atom stereocenters. The van der Waals surface area contributed by atoms with Crippen LogP contribution in [-0.2, 0) is 9.53 Å². The predicted octanol–water partition coefficient (Wildman–Crippen LogP) is 5.58. The Bertz CT molecular complexity index is 806. The van der Waals surface area contributed by atoms with Gasteiger partial charge in [0.25, 0.3) is 0 Å². The summed E-state index contributed by atoms with van der Waals surface area (Å²) in [7, 11) is 0. The van der Waals surface area contributed by atoms with E-state index in [1.165, 1.54) is 0 Å². The topological polar surface area (TPSA) is 38.7 Å². The zero-order chi connectivity index (χ0) is 18.6. The van der Waals surface area contributed by atoms with E-state index in [1.54, 1.807) is 0 Å². The fourth-order valence-corrected chi connectivity index (χ4v) is 4.22. The summed E-state index contributed by atoms with van der Waals surface area (Å²) in [6.45, 7) is 5.94. The molecule has 0 amide bonds. The molecule has 0 aromatic heterocycles. The van der Waals surface area contributed by atoms with Crippen molar-refractivity contribution in [1.29, 1.82) is 0 Å². The second kappa shape index (κ2) is 6.31. The zero-order valence-electron chi connectivity index (χ0n) is 13.7. The molecule has 0 fully saturated rings. The Labute approximate surface area is 166 Å². The molecule has 132 valence electrons. The minimum atomic E-state index is -1.41. The van der Waals surface area contributed by atoms with Crippen LogP contribution in [0.2, 0.25) is 0 Å². The lowest BCUT2D eigenvalue weighted by Gasteiger charge is -2.41. The summed E-state index contributed by atoms with van der Waals surface area (Å²) >= 11 is 25.3. The maximum atomic E-state index is 12.2. The van der Waals surface area contributed by atoms with Crippen molar-refractivity contribution >= 4 is 58.1 Å². The van der Waals surface area contributed by atoms with Gasteiger partial charge in [-0.15, -0.1) is 0 Å². The van der Waals surface area contributed by atoms with Crippen molar-refractivity contribution in [2.24, 2.45) is 10.4 Å². The highest BCUT2D eigenvalue weighted by Crippen LogP contribution is 2.54. The minimum absolute atomic E-state index is 0.00294. The summed E-state index contributed by atoms with van der Waals surface area (Å²) in [6, 6.07) is 8.84. The highest BCUT2D eigenvalue weighted by Gasteiger charge is 2.60. The Kier molecular flexibility index (Phi) is 4.74. The van der Waals surface area contributed by atoms with Crippen LogP contribution in [0.3, 0.4) is 0 Å². The van der Waals surface area contributed by atoms with Crippen LogP contribution in [0.25, 0.3) is 0 Å². The monoisotopic (exact) mass is 417 g/mol. The maximum Gasteiger partial charge on any atom is 0.218 e. The number of hydrogen-bond donors (Lipinski definition) is 0. The SMILES string of the molecule is CC(C)(C)C1N=C(c2ccccc2)OC12C(Cl)=C(Cl)C(=O)C(Cl)=C2Cl. The van der Waals surface area contributed by atoms with E-state index in [4.69, 9.17) is 56.1 Å². The Hall–Kier alpha value is -1.000. The van der Waals surface area contributed by atoms with Gasteiger partial charge in [-0.05, 0) is 17.5 Å². The molecule has 1 aromatic rings. The number of carbonyl (C=O) groups is 1. The molecule has 0 radical (unpaired) electrons. The van der Waals surface area contributed by atoms with Gasteiger partial charge in [0.05, 0.1) is 10.1 Å². The average Bonchev–Trinajstić information content (AvgIpc) is 3.00. The van der Waals surface area contributed by atoms with Crippen LogP contribution in [-0.4, -0.2) is 23.3 Å². The number of allylic oxidation sites excluding steroid dienone is 2. The molecule has 0 bridgehead atoms. The highest BCUT2D eigenvalue weighted by atomic mass is 35.5. The van der Waals surface area contributed by atoms with Crippen LogP contribution in [0.1, 0.15) is 26.3 Å². The van der Waals surface area contributed by atoms with Gasteiger partial charge in [0, 0.05) is 5.56 Å². The normalized spacial score (nSPS) is 23.2. The van der Waals surface area contributed by atoms with Gasteiger partial charge in [0.15, 0.2) is 0 Å². The van der Waals surface area contributed by atoms with Gasteiger partial charge < -0.3 is 4.74 Å². The number of ketones is 1. The van der Waals surface area contributed by atoms with Crippen LogP contribution >= 0.6 is 46.4 Å². The number of ether oxygens (including phenoxy) is 1. The van der Waals surface area contributed by atoms with Gasteiger partial charge in [-0.25, -0.2) is 4.99 Å². The molecule has 0 saturated heterocycles. The number of benzene rings is 1. The van der Waals surface area contributed by atoms with Crippen molar-refractivity contribution in [3.8, 4) is 0 Å². The minimum Gasteiger partial charge on any atom is -0.457 e. The Balaban J connectivity index is 2.23. The van der Waals surface area contributed by atoms with Gasteiger partial charge in [-0.2, -0.15) is 0 Å². The van der Waals surface area contributed by atoms with Crippen LogP contribution in [0, 0.1) is 5.41 Å². The van der Waals surface area contributed by atoms with Gasteiger partial charge >= 0.3 is 0 Å². The predicted molar refractivity (Wildman–Crippen MR) is 103 cm³/mol. The van der Waals surface area contributed by atoms with E-state index in [9.17, 15) is 4.79 Å². The molecule has 1 aliphatic carbocycles. The van der Waals surface area contributed by atoms with Crippen molar-refractivity contribution in [3.05, 3.63) is 56.0 Å². The summed E-state index contributed by atoms with van der Waals surface area (Å²) in [5.74, 6) is -0.242. The van der Waals surface area contributed by atoms with Crippen molar-refractivity contribution in [2.45, 2.75) is 32.4 Å². The third-order valence-corrected chi connectivity index (χ3v) is 6.02. The number of aliphatic imine (C=N–C) groups is 1. The van der Waals surface area contributed by atoms with E-state index in [-0.39, 0.29) is 20.1 Å². The summed E-state index contributed by atoms with van der Waals surface area (Å²) in [6.07, 6.45) is 0. The summed E-state index contributed by atoms with van der Waals surface area (Å²) in [4.78, 5) is 16.9. The molecule has 3 rings (SSSR count). The van der Waals surface area contributed by atoms with Gasteiger partial charge in [0.1, 0.15) is 16.1 Å². The molecule has 7 heteroatoms. The van der Waals surface area contributed by atoms with E-state index in [0.717, 1.165) is 5.56 Å². The summed E-state index contributed by atoms with van der Waals surface area (Å²) < 4.78 is 6.18. The quantitative estimate of drug-likeness (QED) is 0.597. The number of nitrogens with zero attached hydrogens (tertiary/aromatic N) is 1. The van der Waals surface area contributed by atoms with E-state index in [1.807, 2.05) is 51.1 Å². The third kappa shape index (κ3) is 2.82. The molecular weight excluding hydrogens is 404 g/mol. The van der Waals surface area contributed by atoms with Crippen LogP contribution in [0.5, 0.6) is 0 Å². The fourth-order valence-electron chi connectivity index (χ4n) is 3.01. The Morgan fingerprint density at radius 1 is 1.00 bits per heavy atom. The molecule has 1 aromatic carbocycles. The maximum absolute atomic E-state index is 12.2. The zero-order valence-corrected chi connectivity index (χ0v) is 16.8. The molecule has 1 spiro atoms. The molecule has 3 nitrogen and oxygen atoms in total. The molecule has 25 heavy (non-hydrogen) atoms. The standard InChI is InChI=1S/C18H15Cl4NO2/c1-17(2,3)16-18(13(21)10(19)12(24)11(20)14(18)22)25-15(23-16)9-7-5-4-6-8-9/h4-8,16H,1-3H3. The molecule has 1 atom stereocenters. The Morgan fingerprint density at radius 2 is 1.52 bits per heavy atom. The molecule has 2 aliphatic rings. The number of hydrogen-bond acceptors (Lipinski definition) is 3.